The molecule has 0 bridgehead atoms. The lowest BCUT2D eigenvalue weighted by molar-refractivity contribution is 0.365. The molecule has 0 aliphatic heterocycles. The zero-order chi connectivity index (χ0) is 13.1. The first-order chi connectivity index (χ1) is 8.58. The Bertz CT molecular complexity index is 570. The molecule has 1 aromatic carbocycles. The van der Waals surface area contributed by atoms with Crippen molar-refractivity contribution in [2.45, 2.75) is 13.5 Å². The second kappa shape index (κ2) is 4.83. The topological polar surface area (TPSA) is 85.6 Å². The summed E-state index contributed by atoms with van der Waals surface area (Å²) in [7, 11) is 0. The Labute approximate surface area is 104 Å². The van der Waals surface area contributed by atoms with Gasteiger partial charge in [0.2, 0.25) is 5.75 Å². The summed E-state index contributed by atoms with van der Waals surface area (Å²) in [6.07, 6.45) is 3.42. The van der Waals surface area contributed by atoms with Crippen LogP contribution in [0, 0.1) is 6.92 Å². The highest BCUT2D eigenvalue weighted by Gasteiger charge is 2.10. The molecule has 2 aromatic rings. The molecule has 0 spiro atoms. The Balaban J connectivity index is 2.14. The fourth-order valence-corrected chi connectivity index (χ4v) is 1.60. The minimum Gasteiger partial charge on any atom is -0.504 e. The number of aromatic nitrogens is 1. The average Bonchev–Trinajstić information content (AvgIpc) is 2.35. The molecule has 0 unspecified atom stereocenters. The molecule has 1 aromatic heterocycles. The summed E-state index contributed by atoms with van der Waals surface area (Å²) >= 11 is 0. The molecule has 2 rings (SSSR count). The van der Waals surface area contributed by atoms with Crippen molar-refractivity contribution in [3.63, 3.8) is 0 Å². The molecule has 4 N–H and O–H groups in total. The highest BCUT2D eigenvalue weighted by Crippen LogP contribution is 2.37. The van der Waals surface area contributed by atoms with Crippen LogP contribution in [0.25, 0.3) is 0 Å². The summed E-state index contributed by atoms with van der Waals surface area (Å²) in [6.45, 7) is 2.26. The number of aromatic hydroxyl groups is 3. The van der Waals surface area contributed by atoms with Crippen LogP contribution in [-0.4, -0.2) is 20.3 Å². The minimum absolute atomic E-state index is 0.317. The monoisotopic (exact) mass is 246 g/mol. The zero-order valence-electron chi connectivity index (χ0n) is 9.88. The van der Waals surface area contributed by atoms with Crippen LogP contribution in [0.1, 0.15) is 11.1 Å². The fraction of sp³-hybridized carbons (Fsp3) is 0.154. The van der Waals surface area contributed by atoms with Crippen LogP contribution < -0.4 is 5.32 Å². The van der Waals surface area contributed by atoms with Gasteiger partial charge in [-0.3, -0.25) is 4.98 Å². The van der Waals surface area contributed by atoms with Crippen molar-refractivity contribution in [3.8, 4) is 17.2 Å². The largest absolute Gasteiger partial charge is 0.504 e. The lowest BCUT2D eigenvalue weighted by atomic mass is 10.1. The summed E-state index contributed by atoms with van der Waals surface area (Å²) in [5, 5.41) is 31.3. The molecule has 0 amide bonds. The lowest BCUT2D eigenvalue weighted by Gasteiger charge is -2.10. The van der Waals surface area contributed by atoms with Crippen molar-refractivity contribution >= 4 is 5.69 Å². The summed E-state index contributed by atoms with van der Waals surface area (Å²) in [5.41, 5.74) is 2.34. The number of aryl methyl sites for hydroxylation is 1. The molecule has 0 atom stereocenters. The van der Waals surface area contributed by atoms with Crippen molar-refractivity contribution in [1.29, 1.82) is 0 Å². The van der Waals surface area contributed by atoms with Gasteiger partial charge < -0.3 is 20.6 Å². The number of hydrogen-bond donors (Lipinski definition) is 4. The Hall–Kier alpha value is -2.43. The SMILES string of the molecule is Cc1cncc(NCc2ccc(O)c(O)c2O)c1. The van der Waals surface area contributed by atoms with Crippen molar-refractivity contribution in [3.05, 3.63) is 41.7 Å². The summed E-state index contributed by atoms with van der Waals surface area (Å²) < 4.78 is 0. The van der Waals surface area contributed by atoms with Crippen molar-refractivity contribution in [2.75, 3.05) is 5.32 Å². The van der Waals surface area contributed by atoms with Crippen molar-refractivity contribution in [2.24, 2.45) is 0 Å². The van der Waals surface area contributed by atoms with E-state index in [1.54, 1.807) is 18.5 Å². The van der Waals surface area contributed by atoms with Gasteiger partial charge in [-0.15, -0.1) is 0 Å². The Morgan fingerprint density at radius 2 is 1.89 bits per heavy atom. The van der Waals surface area contributed by atoms with Crippen LogP contribution in [0.4, 0.5) is 5.69 Å². The number of phenolic OH excluding ortho intramolecular Hbond substituents is 3. The Morgan fingerprint density at radius 1 is 1.11 bits per heavy atom. The molecule has 0 saturated heterocycles. The first-order valence-electron chi connectivity index (χ1n) is 5.46. The summed E-state index contributed by atoms with van der Waals surface area (Å²) in [4.78, 5) is 4.04. The van der Waals surface area contributed by atoms with Gasteiger partial charge in [0.25, 0.3) is 0 Å². The maximum Gasteiger partial charge on any atom is 0.200 e. The van der Waals surface area contributed by atoms with Gasteiger partial charge in [0.15, 0.2) is 11.5 Å². The van der Waals surface area contributed by atoms with E-state index in [0.29, 0.717) is 12.1 Å². The number of nitrogens with zero attached hydrogens (tertiary/aromatic N) is 1. The van der Waals surface area contributed by atoms with Gasteiger partial charge in [0, 0.05) is 24.5 Å². The molecular weight excluding hydrogens is 232 g/mol. The second-order valence-corrected chi connectivity index (χ2v) is 4.05. The molecule has 0 fully saturated rings. The number of pyridine rings is 1. The van der Waals surface area contributed by atoms with Crippen LogP contribution in [0.3, 0.4) is 0 Å². The number of hydrogen-bond acceptors (Lipinski definition) is 5. The van der Waals surface area contributed by atoms with Crippen molar-refractivity contribution in [1.82, 2.24) is 4.98 Å². The van der Waals surface area contributed by atoms with E-state index in [1.165, 1.54) is 6.07 Å². The van der Waals surface area contributed by atoms with Crippen molar-refractivity contribution < 1.29 is 15.3 Å². The molecule has 1 heterocycles. The quantitative estimate of drug-likeness (QED) is 0.623. The molecule has 5 nitrogen and oxygen atoms in total. The van der Waals surface area contributed by atoms with E-state index in [1.807, 2.05) is 13.0 Å². The van der Waals surface area contributed by atoms with Crippen LogP contribution in [0.5, 0.6) is 17.2 Å². The molecule has 0 aliphatic rings. The van der Waals surface area contributed by atoms with E-state index in [4.69, 9.17) is 0 Å². The molecule has 5 heteroatoms. The Kier molecular flexibility index (Phi) is 3.23. The number of nitrogens with one attached hydrogen (secondary N) is 1. The van der Waals surface area contributed by atoms with E-state index < -0.39 is 5.75 Å². The minimum atomic E-state index is -0.503. The predicted octanol–water partition coefficient (Wildman–Crippen LogP) is 2.12. The average molecular weight is 246 g/mol. The number of benzene rings is 1. The highest BCUT2D eigenvalue weighted by molar-refractivity contribution is 5.54. The molecule has 0 aliphatic carbocycles. The maximum absolute atomic E-state index is 9.65. The van der Waals surface area contributed by atoms with Gasteiger partial charge in [-0.25, -0.2) is 0 Å². The van der Waals surface area contributed by atoms with E-state index in [2.05, 4.69) is 10.3 Å². The molecule has 94 valence electrons. The maximum atomic E-state index is 9.65. The third kappa shape index (κ3) is 2.45. The number of phenols is 3. The molecule has 0 radical (unpaired) electrons. The van der Waals surface area contributed by atoms with Crippen LogP contribution in [0.2, 0.25) is 0 Å². The van der Waals surface area contributed by atoms with Gasteiger partial charge in [-0.2, -0.15) is 0 Å². The number of anilines is 1. The van der Waals surface area contributed by atoms with Gasteiger partial charge in [-0.05, 0) is 30.7 Å². The van der Waals surface area contributed by atoms with Gasteiger partial charge in [0.1, 0.15) is 0 Å². The third-order valence-electron chi connectivity index (χ3n) is 2.57. The van der Waals surface area contributed by atoms with E-state index in [0.717, 1.165) is 11.3 Å². The summed E-state index contributed by atoms with van der Waals surface area (Å²) in [6, 6.07) is 4.80. The van der Waals surface area contributed by atoms with Crippen LogP contribution in [0.15, 0.2) is 30.6 Å². The van der Waals surface area contributed by atoms with Gasteiger partial charge in [0.05, 0.1) is 5.69 Å². The predicted molar refractivity (Wildman–Crippen MR) is 67.7 cm³/mol. The third-order valence-corrected chi connectivity index (χ3v) is 2.57. The zero-order valence-corrected chi connectivity index (χ0v) is 9.88. The van der Waals surface area contributed by atoms with Gasteiger partial charge in [-0.1, -0.05) is 0 Å². The van der Waals surface area contributed by atoms with Gasteiger partial charge >= 0.3 is 0 Å². The summed E-state index contributed by atoms with van der Waals surface area (Å²) in [5.74, 6) is -1.16. The normalized spacial score (nSPS) is 10.3. The number of rotatable bonds is 3. The Morgan fingerprint density at radius 3 is 2.61 bits per heavy atom. The first-order valence-corrected chi connectivity index (χ1v) is 5.46. The first kappa shape index (κ1) is 12.0. The second-order valence-electron chi connectivity index (χ2n) is 4.05. The molecule has 18 heavy (non-hydrogen) atoms. The fourth-order valence-electron chi connectivity index (χ4n) is 1.60. The van der Waals surface area contributed by atoms with E-state index in [-0.39, 0.29) is 11.5 Å². The lowest BCUT2D eigenvalue weighted by Crippen LogP contribution is -2.00. The smallest absolute Gasteiger partial charge is 0.200 e. The highest BCUT2D eigenvalue weighted by atomic mass is 16.3. The van der Waals surface area contributed by atoms with Crippen LogP contribution in [-0.2, 0) is 6.54 Å². The van der Waals surface area contributed by atoms with E-state index >= 15 is 0 Å². The standard InChI is InChI=1S/C13H14N2O3/c1-8-4-10(7-14-5-8)15-6-9-2-3-11(16)13(18)12(9)17/h2-5,7,15-18H,6H2,1H3. The molecular formula is C13H14N2O3. The molecule has 0 saturated carbocycles. The van der Waals surface area contributed by atoms with Crippen LogP contribution >= 0.6 is 0 Å². The van der Waals surface area contributed by atoms with E-state index in [9.17, 15) is 15.3 Å².